The maximum absolute atomic E-state index is 11.0. The van der Waals surface area contributed by atoms with Crippen molar-refractivity contribution in [1.82, 2.24) is 0 Å². The van der Waals surface area contributed by atoms with Crippen molar-refractivity contribution < 1.29 is 12.6 Å². The second kappa shape index (κ2) is 4.03. The minimum Gasteiger partial charge on any atom is -0.266 e. The van der Waals surface area contributed by atoms with Gasteiger partial charge in [0, 0.05) is 0 Å². The molecule has 2 atom stereocenters. The highest BCUT2D eigenvalue weighted by molar-refractivity contribution is 7.86. The SMILES string of the molecule is C=CC[C@]1(C)CCC[C@@H]1OS(C)(=O)=O. The summed E-state index contributed by atoms with van der Waals surface area (Å²) in [6.45, 7) is 5.76. The zero-order valence-electron chi connectivity index (χ0n) is 8.82. The lowest BCUT2D eigenvalue weighted by Gasteiger charge is -2.29. The van der Waals surface area contributed by atoms with Gasteiger partial charge in [0.05, 0.1) is 12.4 Å². The van der Waals surface area contributed by atoms with E-state index in [-0.39, 0.29) is 11.5 Å². The Kier molecular flexibility index (Phi) is 3.37. The van der Waals surface area contributed by atoms with Crippen LogP contribution in [0, 0.1) is 5.41 Å². The van der Waals surface area contributed by atoms with E-state index in [9.17, 15) is 8.42 Å². The van der Waals surface area contributed by atoms with Crippen LogP contribution in [0.4, 0.5) is 0 Å². The molecule has 0 bridgehead atoms. The zero-order valence-corrected chi connectivity index (χ0v) is 9.64. The van der Waals surface area contributed by atoms with Gasteiger partial charge < -0.3 is 0 Å². The van der Waals surface area contributed by atoms with E-state index in [2.05, 4.69) is 13.5 Å². The van der Waals surface area contributed by atoms with Crippen molar-refractivity contribution in [2.24, 2.45) is 5.41 Å². The fraction of sp³-hybridized carbons (Fsp3) is 0.800. The highest BCUT2D eigenvalue weighted by atomic mass is 32.2. The Morgan fingerprint density at radius 2 is 2.29 bits per heavy atom. The maximum Gasteiger partial charge on any atom is 0.264 e. The Morgan fingerprint density at radius 1 is 1.64 bits per heavy atom. The molecule has 0 unspecified atom stereocenters. The topological polar surface area (TPSA) is 43.4 Å². The van der Waals surface area contributed by atoms with Crippen molar-refractivity contribution >= 4 is 10.1 Å². The molecule has 0 aromatic rings. The molecule has 0 radical (unpaired) electrons. The number of rotatable bonds is 4. The molecule has 4 heteroatoms. The molecule has 0 aromatic carbocycles. The first kappa shape index (κ1) is 11.7. The highest BCUT2D eigenvalue weighted by Crippen LogP contribution is 2.43. The molecule has 0 saturated heterocycles. The third-order valence-electron chi connectivity index (χ3n) is 2.89. The van der Waals surface area contributed by atoms with Gasteiger partial charge in [-0.15, -0.1) is 6.58 Å². The standard InChI is InChI=1S/C10H18O3S/c1-4-7-10(2)8-5-6-9(10)13-14(3,11)12/h4,9H,1,5-8H2,2-3H3/t9-,10+/m0/s1. The summed E-state index contributed by atoms with van der Waals surface area (Å²) in [4.78, 5) is 0. The van der Waals surface area contributed by atoms with Crippen LogP contribution >= 0.6 is 0 Å². The minimum absolute atomic E-state index is 0.0508. The fourth-order valence-corrected chi connectivity index (χ4v) is 2.89. The molecule has 1 aliphatic rings. The van der Waals surface area contributed by atoms with E-state index in [1.165, 1.54) is 0 Å². The molecule has 3 nitrogen and oxygen atoms in total. The quantitative estimate of drug-likeness (QED) is 0.536. The van der Waals surface area contributed by atoms with Crippen LogP contribution in [0.25, 0.3) is 0 Å². The maximum atomic E-state index is 11.0. The van der Waals surface area contributed by atoms with Gasteiger partial charge >= 0.3 is 0 Å². The number of allylic oxidation sites excluding steroid dienone is 1. The summed E-state index contributed by atoms with van der Waals surface area (Å²) >= 11 is 0. The molecule has 1 aliphatic carbocycles. The Bertz CT molecular complexity index is 307. The molecular formula is C10H18O3S. The second-order valence-electron chi connectivity index (χ2n) is 4.33. The molecule has 0 spiro atoms. The van der Waals surface area contributed by atoms with Gasteiger partial charge in [0.25, 0.3) is 10.1 Å². The average molecular weight is 218 g/mol. The van der Waals surface area contributed by atoms with E-state index in [1.807, 2.05) is 6.08 Å². The monoisotopic (exact) mass is 218 g/mol. The van der Waals surface area contributed by atoms with Gasteiger partial charge in [0.15, 0.2) is 0 Å². The third-order valence-corrected chi connectivity index (χ3v) is 3.48. The lowest BCUT2D eigenvalue weighted by molar-refractivity contribution is 0.0985. The van der Waals surface area contributed by atoms with Crippen LogP contribution in [0.1, 0.15) is 32.6 Å². The van der Waals surface area contributed by atoms with Crippen LogP contribution in [0.5, 0.6) is 0 Å². The molecule has 0 N–H and O–H groups in total. The normalized spacial score (nSPS) is 33.1. The van der Waals surface area contributed by atoms with Crippen molar-refractivity contribution in [2.45, 2.75) is 38.7 Å². The van der Waals surface area contributed by atoms with Gasteiger partial charge in [0.2, 0.25) is 0 Å². The van der Waals surface area contributed by atoms with E-state index < -0.39 is 10.1 Å². The van der Waals surface area contributed by atoms with Gasteiger partial charge in [-0.2, -0.15) is 8.42 Å². The van der Waals surface area contributed by atoms with Gasteiger partial charge in [-0.25, -0.2) is 0 Å². The van der Waals surface area contributed by atoms with Gasteiger partial charge in [-0.1, -0.05) is 19.4 Å². The van der Waals surface area contributed by atoms with E-state index >= 15 is 0 Å². The Balaban J connectivity index is 2.73. The molecule has 1 rings (SSSR count). The molecule has 0 aromatic heterocycles. The summed E-state index contributed by atoms with van der Waals surface area (Å²) in [6, 6.07) is 0. The minimum atomic E-state index is -3.33. The molecule has 0 heterocycles. The number of hydrogen-bond donors (Lipinski definition) is 0. The Hall–Kier alpha value is -0.350. The van der Waals surface area contributed by atoms with Crippen LogP contribution in [-0.2, 0) is 14.3 Å². The average Bonchev–Trinajstić information content (AvgIpc) is 2.30. The number of hydrogen-bond acceptors (Lipinski definition) is 3. The second-order valence-corrected chi connectivity index (χ2v) is 5.93. The lowest BCUT2D eigenvalue weighted by atomic mass is 9.83. The largest absolute Gasteiger partial charge is 0.266 e. The van der Waals surface area contributed by atoms with Crippen molar-refractivity contribution in [3.05, 3.63) is 12.7 Å². The Morgan fingerprint density at radius 3 is 2.79 bits per heavy atom. The van der Waals surface area contributed by atoms with E-state index in [1.54, 1.807) is 0 Å². The molecule has 14 heavy (non-hydrogen) atoms. The van der Waals surface area contributed by atoms with Crippen LogP contribution in [-0.4, -0.2) is 20.8 Å². The first-order valence-electron chi connectivity index (χ1n) is 4.86. The molecular weight excluding hydrogens is 200 g/mol. The van der Waals surface area contributed by atoms with Crippen molar-refractivity contribution in [1.29, 1.82) is 0 Å². The van der Waals surface area contributed by atoms with Crippen LogP contribution < -0.4 is 0 Å². The first-order valence-corrected chi connectivity index (χ1v) is 6.68. The molecule has 1 fully saturated rings. The summed E-state index contributed by atoms with van der Waals surface area (Å²) in [5.41, 5.74) is -0.0508. The summed E-state index contributed by atoms with van der Waals surface area (Å²) in [6.07, 6.45) is 6.47. The Labute approximate surface area is 86.3 Å². The summed E-state index contributed by atoms with van der Waals surface area (Å²) < 4.78 is 27.2. The smallest absolute Gasteiger partial charge is 0.264 e. The van der Waals surface area contributed by atoms with Crippen molar-refractivity contribution in [3.8, 4) is 0 Å². The third kappa shape index (κ3) is 2.82. The highest BCUT2D eigenvalue weighted by Gasteiger charge is 2.40. The molecule has 0 amide bonds. The first-order chi connectivity index (χ1) is 6.37. The summed E-state index contributed by atoms with van der Waals surface area (Å²) in [5.74, 6) is 0. The van der Waals surface area contributed by atoms with Gasteiger partial charge in [-0.3, -0.25) is 4.18 Å². The molecule has 1 saturated carbocycles. The van der Waals surface area contributed by atoms with E-state index in [0.29, 0.717) is 0 Å². The molecule has 82 valence electrons. The van der Waals surface area contributed by atoms with Crippen molar-refractivity contribution in [3.63, 3.8) is 0 Å². The summed E-state index contributed by atoms with van der Waals surface area (Å²) in [7, 11) is -3.33. The van der Waals surface area contributed by atoms with Crippen LogP contribution in [0.15, 0.2) is 12.7 Å². The predicted molar refractivity (Wildman–Crippen MR) is 56.5 cm³/mol. The predicted octanol–water partition coefficient (Wildman–Crippen LogP) is 2.10. The van der Waals surface area contributed by atoms with E-state index in [4.69, 9.17) is 4.18 Å². The van der Waals surface area contributed by atoms with E-state index in [0.717, 1.165) is 31.9 Å². The fourth-order valence-electron chi connectivity index (χ4n) is 2.14. The molecule has 0 aliphatic heterocycles. The van der Waals surface area contributed by atoms with Gasteiger partial charge in [0.1, 0.15) is 0 Å². The lowest BCUT2D eigenvalue weighted by Crippen LogP contribution is -2.30. The van der Waals surface area contributed by atoms with Gasteiger partial charge in [-0.05, 0) is 24.7 Å². The van der Waals surface area contributed by atoms with Crippen molar-refractivity contribution in [2.75, 3.05) is 6.26 Å². The van der Waals surface area contributed by atoms with Crippen LogP contribution in [0.3, 0.4) is 0 Å². The zero-order chi connectivity index (χ0) is 10.8. The van der Waals surface area contributed by atoms with Crippen LogP contribution in [0.2, 0.25) is 0 Å². The summed E-state index contributed by atoms with van der Waals surface area (Å²) in [5, 5.41) is 0.